The molecule has 3 aromatic rings. The van der Waals surface area contributed by atoms with Crippen LogP contribution in [0.3, 0.4) is 0 Å². The van der Waals surface area contributed by atoms with Gasteiger partial charge in [0.25, 0.3) is 0 Å². The smallest absolute Gasteiger partial charge is 0.342 e. The van der Waals surface area contributed by atoms with Crippen LogP contribution in [0.25, 0.3) is 0 Å². The van der Waals surface area contributed by atoms with Crippen molar-refractivity contribution in [1.29, 1.82) is 0 Å². The van der Waals surface area contributed by atoms with Gasteiger partial charge in [-0.1, -0.05) is 54.6 Å². The van der Waals surface area contributed by atoms with Crippen molar-refractivity contribution in [3.8, 4) is 0 Å². The lowest BCUT2D eigenvalue weighted by Crippen LogP contribution is -2.12. The molecule has 136 valence electrons. The lowest BCUT2D eigenvalue weighted by molar-refractivity contribution is -0.132. The lowest BCUT2D eigenvalue weighted by atomic mass is 10.4. The minimum atomic E-state index is -2.37. The molecule has 0 amide bonds. The highest BCUT2D eigenvalue weighted by Gasteiger charge is 2.34. The molecule has 4 nitrogen and oxygen atoms in total. The number of carbonyl (C=O) groups excluding carboxylic acids is 1. The molecular formula is C22H18O4S. The second-order valence-corrected chi connectivity index (χ2v) is 8.26. The Morgan fingerprint density at radius 2 is 1.04 bits per heavy atom. The highest BCUT2D eigenvalue weighted by atomic mass is 32.3. The Hall–Kier alpha value is -3.31. The Balaban J connectivity index is 2.23. The minimum Gasteiger partial charge on any atom is -0.478 e. The SMILES string of the molecule is O=C(O)/C=C\C(=O)OS(c1ccccc1)(c1ccccc1)c1ccccc1. The van der Waals surface area contributed by atoms with Crippen molar-refractivity contribution in [2.75, 3.05) is 0 Å². The van der Waals surface area contributed by atoms with Crippen molar-refractivity contribution in [2.45, 2.75) is 14.7 Å². The summed E-state index contributed by atoms with van der Waals surface area (Å²) < 4.78 is 6.04. The van der Waals surface area contributed by atoms with Crippen LogP contribution >= 0.6 is 10.3 Å². The van der Waals surface area contributed by atoms with Gasteiger partial charge in [-0.25, -0.2) is 9.59 Å². The summed E-state index contributed by atoms with van der Waals surface area (Å²) in [4.78, 5) is 25.9. The monoisotopic (exact) mass is 378 g/mol. The number of carboxylic acid groups (broad SMARTS) is 1. The standard InChI is InChI=1S/C22H18O4S/c23-21(24)16-17-22(25)26-27(18-10-4-1-5-11-18,19-12-6-2-7-13-19)20-14-8-3-9-15-20/h1-17H,(H,23,24)/b17-16-. The Kier molecular flexibility index (Phi) is 5.74. The van der Waals surface area contributed by atoms with Crippen molar-refractivity contribution in [3.05, 3.63) is 103 Å². The van der Waals surface area contributed by atoms with Crippen LogP contribution in [0.5, 0.6) is 0 Å². The van der Waals surface area contributed by atoms with Crippen LogP contribution in [-0.2, 0) is 13.8 Å². The predicted molar refractivity (Wildman–Crippen MR) is 105 cm³/mol. The molecule has 3 aromatic carbocycles. The molecule has 0 aromatic heterocycles. The Morgan fingerprint density at radius 3 is 1.37 bits per heavy atom. The first-order valence-corrected chi connectivity index (χ1v) is 9.82. The molecule has 0 bridgehead atoms. The van der Waals surface area contributed by atoms with Gasteiger partial charge in [0.2, 0.25) is 0 Å². The first kappa shape index (κ1) is 18.5. The molecule has 0 unspecified atom stereocenters. The number of carboxylic acids is 1. The second kappa shape index (κ2) is 8.38. The molecule has 27 heavy (non-hydrogen) atoms. The Morgan fingerprint density at radius 1 is 0.667 bits per heavy atom. The zero-order valence-electron chi connectivity index (χ0n) is 14.4. The van der Waals surface area contributed by atoms with Gasteiger partial charge in [0.1, 0.15) is 0 Å². The lowest BCUT2D eigenvalue weighted by Gasteiger charge is -2.39. The van der Waals surface area contributed by atoms with Crippen LogP contribution in [0.2, 0.25) is 0 Å². The van der Waals surface area contributed by atoms with Gasteiger partial charge in [-0.3, -0.25) is 0 Å². The van der Waals surface area contributed by atoms with E-state index in [1.807, 2.05) is 91.0 Å². The van der Waals surface area contributed by atoms with Crippen molar-refractivity contribution in [3.63, 3.8) is 0 Å². The maximum Gasteiger partial charge on any atom is 0.342 e. The summed E-state index contributed by atoms with van der Waals surface area (Å²) in [5.74, 6) is -1.91. The Bertz CT molecular complexity index is 841. The summed E-state index contributed by atoms with van der Waals surface area (Å²) in [6, 6.07) is 28.6. The average Bonchev–Trinajstić information content (AvgIpc) is 2.72. The number of hydrogen-bond donors (Lipinski definition) is 1. The molecule has 3 rings (SSSR count). The van der Waals surface area contributed by atoms with Gasteiger partial charge in [-0.15, -0.1) is 0 Å². The largest absolute Gasteiger partial charge is 0.478 e. The first-order valence-electron chi connectivity index (χ1n) is 8.26. The Labute approximate surface area is 159 Å². The summed E-state index contributed by atoms with van der Waals surface area (Å²) in [5.41, 5.74) is 0. The van der Waals surface area contributed by atoms with Crippen molar-refractivity contribution in [1.82, 2.24) is 0 Å². The quantitative estimate of drug-likeness (QED) is 0.609. The second-order valence-electron chi connectivity index (χ2n) is 5.57. The summed E-state index contributed by atoms with van der Waals surface area (Å²) >= 11 is 0. The molecule has 0 aliphatic heterocycles. The number of rotatable bonds is 6. The third-order valence-corrected chi connectivity index (χ3v) is 7.02. The van der Waals surface area contributed by atoms with Crippen LogP contribution in [0.15, 0.2) is 118 Å². The van der Waals surface area contributed by atoms with Crippen LogP contribution < -0.4 is 0 Å². The molecular weight excluding hydrogens is 360 g/mol. The molecule has 0 atom stereocenters. The normalized spacial score (nSPS) is 11.9. The van der Waals surface area contributed by atoms with Gasteiger partial charge >= 0.3 is 11.9 Å². The van der Waals surface area contributed by atoms with E-state index in [2.05, 4.69) is 0 Å². The molecule has 0 aliphatic rings. The molecule has 0 spiro atoms. The third kappa shape index (κ3) is 4.10. The van der Waals surface area contributed by atoms with Crippen molar-refractivity contribution < 1.29 is 18.9 Å². The highest BCUT2D eigenvalue weighted by Crippen LogP contribution is 2.69. The van der Waals surface area contributed by atoms with E-state index >= 15 is 0 Å². The molecule has 0 saturated carbocycles. The fraction of sp³-hybridized carbons (Fsp3) is 0. The molecule has 5 heteroatoms. The summed E-state index contributed by atoms with van der Waals surface area (Å²) in [6.45, 7) is 0. The number of benzene rings is 3. The minimum absolute atomic E-state index is 0.705. The van der Waals surface area contributed by atoms with E-state index in [9.17, 15) is 9.59 Å². The van der Waals surface area contributed by atoms with E-state index in [0.29, 0.717) is 0 Å². The van der Waals surface area contributed by atoms with E-state index in [1.54, 1.807) is 0 Å². The van der Waals surface area contributed by atoms with E-state index in [-0.39, 0.29) is 0 Å². The molecule has 1 N–H and O–H groups in total. The fourth-order valence-corrected chi connectivity index (χ4v) is 5.71. The van der Waals surface area contributed by atoms with Crippen LogP contribution in [0, 0.1) is 0 Å². The van der Waals surface area contributed by atoms with Crippen LogP contribution in [-0.4, -0.2) is 17.0 Å². The zero-order valence-corrected chi connectivity index (χ0v) is 15.2. The first-order chi connectivity index (χ1) is 13.1. The summed E-state index contributed by atoms with van der Waals surface area (Å²) in [7, 11) is -2.37. The van der Waals surface area contributed by atoms with E-state index < -0.39 is 22.2 Å². The van der Waals surface area contributed by atoms with Crippen LogP contribution in [0.4, 0.5) is 0 Å². The van der Waals surface area contributed by atoms with Crippen LogP contribution in [0.1, 0.15) is 0 Å². The van der Waals surface area contributed by atoms with E-state index in [0.717, 1.165) is 26.8 Å². The summed E-state index contributed by atoms with van der Waals surface area (Å²) in [6.07, 6.45) is 1.73. The average molecular weight is 378 g/mol. The van der Waals surface area contributed by atoms with Gasteiger partial charge in [0.15, 0.2) is 0 Å². The van der Waals surface area contributed by atoms with Gasteiger partial charge in [-0.05, 0) is 46.7 Å². The van der Waals surface area contributed by atoms with Gasteiger partial charge < -0.3 is 9.29 Å². The van der Waals surface area contributed by atoms with Gasteiger partial charge in [0.05, 0.1) is 0 Å². The molecule has 0 heterocycles. The highest BCUT2D eigenvalue weighted by molar-refractivity contribution is 8.30. The number of hydrogen-bond acceptors (Lipinski definition) is 3. The van der Waals surface area contributed by atoms with E-state index in [4.69, 9.17) is 9.29 Å². The maximum absolute atomic E-state index is 12.5. The third-order valence-electron chi connectivity index (χ3n) is 3.79. The number of aliphatic carboxylic acids is 1. The van der Waals surface area contributed by atoms with E-state index in [1.165, 1.54) is 0 Å². The topological polar surface area (TPSA) is 63.6 Å². The zero-order chi connectivity index (χ0) is 19.1. The predicted octanol–water partition coefficient (Wildman–Crippen LogP) is 5.07. The number of carbonyl (C=O) groups is 2. The van der Waals surface area contributed by atoms with Gasteiger partial charge in [-0.2, -0.15) is 0 Å². The van der Waals surface area contributed by atoms with Gasteiger partial charge in [0, 0.05) is 26.8 Å². The molecule has 0 saturated heterocycles. The molecule has 0 fully saturated rings. The fourth-order valence-electron chi connectivity index (χ4n) is 2.68. The van der Waals surface area contributed by atoms with Crippen molar-refractivity contribution >= 4 is 22.2 Å². The maximum atomic E-state index is 12.5. The molecule has 0 radical (unpaired) electrons. The van der Waals surface area contributed by atoms with Crippen molar-refractivity contribution in [2.24, 2.45) is 0 Å². The summed E-state index contributed by atoms with van der Waals surface area (Å²) in [5, 5.41) is 8.82. The molecule has 0 aliphatic carbocycles.